The van der Waals surface area contributed by atoms with Crippen LogP contribution in [0.5, 0.6) is 0 Å². The second-order valence-electron chi connectivity index (χ2n) is 3.35. The maximum atomic E-state index is 12.1. The average Bonchev–Trinajstić information content (AvgIpc) is 2.50. The molecule has 0 spiro atoms. The lowest BCUT2D eigenvalue weighted by Gasteiger charge is -2.25. The lowest BCUT2D eigenvalue weighted by atomic mass is 10.2. The van der Waals surface area contributed by atoms with Gasteiger partial charge in [0.25, 0.3) is 0 Å². The van der Waals surface area contributed by atoms with Crippen LogP contribution in [0.2, 0.25) is 0 Å². The summed E-state index contributed by atoms with van der Waals surface area (Å²) in [5.41, 5.74) is 0. The quantitative estimate of drug-likeness (QED) is 0.729. The molecule has 0 radical (unpaired) electrons. The fourth-order valence-electron chi connectivity index (χ4n) is 1.71. The third kappa shape index (κ3) is 2.37. The Labute approximate surface area is 80.3 Å². The largest absolute Gasteiger partial charge is 0.471 e. The third-order valence-electron chi connectivity index (χ3n) is 2.32. The van der Waals surface area contributed by atoms with Crippen LogP contribution >= 0.6 is 0 Å². The third-order valence-corrected chi connectivity index (χ3v) is 2.32. The minimum absolute atomic E-state index is 0.213. The second kappa shape index (κ2) is 4.16. The molecule has 0 aromatic heterocycles. The fraction of sp³-hybridized carbons (Fsp3) is 0.875. The highest BCUT2D eigenvalue weighted by atomic mass is 19.4. The molecule has 1 amide bonds. The van der Waals surface area contributed by atoms with Gasteiger partial charge in [0.2, 0.25) is 0 Å². The number of nitrogens with one attached hydrogen (secondary N) is 1. The Morgan fingerprint density at radius 1 is 1.57 bits per heavy atom. The lowest BCUT2D eigenvalue weighted by Crippen LogP contribution is -2.46. The number of likely N-dealkylation sites (tertiary alicyclic amines) is 1. The molecule has 6 heteroatoms. The zero-order valence-corrected chi connectivity index (χ0v) is 7.90. The van der Waals surface area contributed by atoms with Gasteiger partial charge in [-0.2, -0.15) is 13.2 Å². The fourth-order valence-corrected chi connectivity index (χ4v) is 1.71. The van der Waals surface area contributed by atoms with Crippen molar-refractivity contribution in [2.24, 2.45) is 0 Å². The molecule has 1 N–H and O–H groups in total. The molecule has 1 atom stereocenters. The molecule has 1 unspecified atom stereocenters. The molecule has 3 nitrogen and oxygen atoms in total. The molecule has 0 saturated carbocycles. The van der Waals surface area contributed by atoms with Crippen LogP contribution < -0.4 is 5.32 Å². The number of amides is 1. The van der Waals surface area contributed by atoms with Crippen molar-refractivity contribution >= 4 is 5.91 Å². The van der Waals surface area contributed by atoms with Crippen LogP contribution in [0.3, 0.4) is 0 Å². The van der Waals surface area contributed by atoms with Crippen molar-refractivity contribution in [1.82, 2.24) is 10.2 Å². The molecule has 0 aliphatic carbocycles. The van der Waals surface area contributed by atoms with Crippen LogP contribution in [-0.4, -0.2) is 43.2 Å². The van der Waals surface area contributed by atoms with E-state index in [1.165, 1.54) is 0 Å². The first-order valence-electron chi connectivity index (χ1n) is 4.49. The number of halogens is 3. The summed E-state index contributed by atoms with van der Waals surface area (Å²) in [4.78, 5) is 11.8. The normalized spacial score (nSPS) is 22.9. The molecular formula is C8H13F3N2O. The van der Waals surface area contributed by atoms with E-state index in [-0.39, 0.29) is 12.6 Å². The molecule has 0 aromatic rings. The molecule has 1 rings (SSSR count). The minimum atomic E-state index is -4.74. The van der Waals surface area contributed by atoms with E-state index >= 15 is 0 Å². The molecular weight excluding hydrogens is 197 g/mol. The van der Waals surface area contributed by atoms with Gasteiger partial charge in [0, 0.05) is 19.1 Å². The van der Waals surface area contributed by atoms with Crippen molar-refractivity contribution in [2.75, 3.05) is 20.1 Å². The lowest BCUT2D eigenvalue weighted by molar-refractivity contribution is -0.186. The van der Waals surface area contributed by atoms with Gasteiger partial charge in [-0.1, -0.05) is 0 Å². The Bertz CT molecular complexity index is 217. The Morgan fingerprint density at radius 2 is 2.21 bits per heavy atom. The van der Waals surface area contributed by atoms with Crippen LogP contribution in [0.1, 0.15) is 12.8 Å². The first-order valence-corrected chi connectivity index (χ1v) is 4.49. The van der Waals surface area contributed by atoms with Gasteiger partial charge in [0.1, 0.15) is 0 Å². The molecule has 1 aliphatic rings. The molecule has 14 heavy (non-hydrogen) atoms. The second-order valence-corrected chi connectivity index (χ2v) is 3.35. The summed E-state index contributed by atoms with van der Waals surface area (Å²) in [6.07, 6.45) is -3.45. The number of rotatable bonds is 2. The van der Waals surface area contributed by atoms with Gasteiger partial charge in [-0.05, 0) is 19.9 Å². The summed E-state index contributed by atoms with van der Waals surface area (Å²) in [5.74, 6) is -1.71. The van der Waals surface area contributed by atoms with Crippen LogP contribution in [0, 0.1) is 0 Å². The molecule has 82 valence electrons. The summed E-state index contributed by atoms with van der Waals surface area (Å²) in [7, 11) is 1.66. The topological polar surface area (TPSA) is 32.3 Å². The minimum Gasteiger partial charge on any atom is -0.331 e. The van der Waals surface area contributed by atoms with E-state index in [0.29, 0.717) is 19.4 Å². The Hall–Kier alpha value is -0.780. The maximum absolute atomic E-state index is 12.1. The van der Waals surface area contributed by atoms with Crippen molar-refractivity contribution in [1.29, 1.82) is 0 Å². The molecule has 0 aromatic carbocycles. The van der Waals surface area contributed by atoms with Crippen molar-refractivity contribution in [3.63, 3.8) is 0 Å². The highest BCUT2D eigenvalue weighted by molar-refractivity contribution is 5.82. The number of carbonyl (C=O) groups excluding carboxylic acids is 1. The Morgan fingerprint density at radius 3 is 2.71 bits per heavy atom. The zero-order chi connectivity index (χ0) is 10.8. The average molecular weight is 210 g/mol. The molecule has 1 fully saturated rings. The molecule has 1 heterocycles. The van der Waals surface area contributed by atoms with E-state index in [4.69, 9.17) is 0 Å². The summed E-state index contributed by atoms with van der Waals surface area (Å²) in [6, 6.07) is -0.311. The predicted octanol–water partition coefficient (Wildman–Crippen LogP) is 0.759. The summed E-state index contributed by atoms with van der Waals surface area (Å²) < 4.78 is 36.3. The van der Waals surface area contributed by atoms with Gasteiger partial charge >= 0.3 is 12.1 Å². The monoisotopic (exact) mass is 210 g/mol. The smallest absolute Gasteiger partial charge is 0.331 e. The van der Waals surface area contributed by atoms with Crippen LogP contribution in [0.4, 0.5) is 13.2 Å². The molecule has 1 aliphatic heterocycles. The predicted molar refractivity (Wildman–Crippen MR) is 44.7 cm³/mol. The Kier molecular flexibility index (Phi) is 3.36. The van der Waals surface area contributed by atoms with Crippen LogP contribution in [0.25, 0.3) is 0 Å². The van der Waals surface area contributed by atoms with E-state index in [0.717, 1.165) is 4.90 Å². The van der Waals surface area contributed by atoms with Crippen molar-refractivity contribution in [3.05, 3.63) is 0 Å². The van der Waals surface area contributed by atoms with E-state index in [1.54, 1.807) is 7.05 Å². The number of hydrogen-bond donors (Lipinski definition) is 1. The van der Waals surface area contributed by atoms with Crippen molar-refractivity contribution in [3.8, 4) is 0 Å². The number of hydrogen-bond acceptors (Lipinski definition) is 2. The standard InChI is InChI=1S/C8H13F3N2O/c1-12-5-6-3-2-4-13(6)7(14)8(9,10)11/h6,12H,2-5H2,1H3. The highest BCUT2D eigenvalue weighted by Crippen LogP contribution is 2.25. The number of nitrogens with zero attached hydrogens (tertiary/aromatic N) is 1. The summed E-state index contributed by atoms with van der Waals surface area (Å²) in [5, 5.41) is 2.78. The van der Waals surface area contributed by atoms with Crippen molar-refractivity contribution in [2.45, 2.75) is 25.1 Å². The SMILES string of the molecule is CNCC1CCCN1C(=O)C(F)(F)F. The summed E-state index contributed by atoms with van der Waals surface area (Å²) >= 11 is 0. The van der Waals surface area contributed by atoms with E-state index in [9.17, 15) is 18.0 Å². The van der Waals surface area contributed by atoms with Gasteiger partial charge in [-0.25, -0.2) is 0 Å². The Balaban J connectivity index is 2.62. The first-order chi connectivity index (χ1) is 6.46. The first kappa shape index (κ1) is 11.3. The van der Waals surface area contributed by atoms with Crippen LogP contribution in [0.15, 0.2) is 0 Å². The van der Waals surface area contributed by atoms with E-state index in [2.05, 4.69) is 5.32 Å². The van der Waals surface area contributed by atoms with Gasteiger partial charge in [0.05, 0.1) is 0 Å². The maximum Gasteiger partial charge on any atom is 0.471 e. The van der Waals surface area contributed by atoms with E-state index in [1.807, 2.05) is 0 Å². The van der Waals surface area contributed by atoms with Gasteiger partial charge < -0.3 is 10.2 Å². The highest BCUT2D eigenvalue weighted by Gasteiger charge is 2.45. The zero-order valence-electron chi connectivity index (χ0n) is 7.90. The van der Waals surface area contributed by atoms with E-state index < -0.39 is 12.1 Å². The molecule has 1 saturated heterocycles. The van der Waals surface area contributed by atoms with Gasteiger partial charge in [-0.15, -0.1) is 0 Å². The number of carbonyl (C=O) groups is 1. The molecule has 0 bridgehead atoms. The van der Waals surface area contributed by atoms with Crippen LogP contribution in [-0.2, 0) is 4.79 Å². The van der Waals surface area contributed by atoms with Gasteiger partial charge in [-0.3, -0.25) is 4.79 Å². The number of likely N-dealkylation sites (N-methyl/N-ethyl adjacent to an activating group) is 1. The van der Waals surface area contributed by atoms with Gasteiger partial charge in [0.15, 0.2) is 0 Å². The summed E-state index contributed by atoms with van der Waals surface area (Å²) in [6.45, 7) is 0.631. The number of alkyl halides is 3. The van der Waals surface area contributed by atoms with Crippen molar-refractivity contribution < 1.29 is 18.0 Å².